The lowest BCUT2D eigenvalue weighted by molar-refractivity contribution is -0.109. The highest BCUT2D eigenvalue weighted by Crippen LogP contribution is 2.50. The Bertz CT molecular complexity index is 900. The van der Waals surface area contributed by atoms with E-state index in [1.807, 2.05) is 0 Å². The maximum atomic E-state index is 12.1. The van der Waals surface area contributed by atoms with Crippen molar-refractivity contribution < 1.29 is 23.1 Å². The second-order valence-corrected chi connectivity index (χ2v) is 34.1. The minimum absolute atomic E-state index is 0.294. The van der Waals surface area contributed by atoms with Gasteiger partial charge >= 0.3 is 0 Å². The van der Waals surface area contributed by atoms with E-state index >= 15 is 0 Å². The van der Waals surface area contributed by atoms with Crippen LogP contribution in [0.2, 0.25) is 49.9 Å². The molecule has 1 aliphatic heterocycles. The van der Waals surface area contributed by atoms with E-state index in [9.17, 15) is 5.11 Å². The summed E-state index contributed by atoms with van der Waals surface area (Å²) < 4.78 is 29.9. The molecule has 0 amide bonds. The smallest absolute Gasteiger partial charge is 0.201 e. The first-order valence-electron chi connectivity index (χ1n) is 19.2. The molecule has 0 unspecified atom stereocenters. The second kappa shape index (κ2) is 16.4. The van der Waals surface area contributed by atoms with Crippen molar-refractivity contribution in [2.24, 2.45) is 0 Å². The van der Waals surface area contributed by atoms with Gasteiger partial charge in [-0.2, -0.15) is 0 Å². The van der Waals surface area contributed by atoms with Gasteiger partial charge in [0.05, 0.1) is 12.7 Å². The lowest BCUT2D eigenvalue weighted by Gasteiger charge is -2.52. The third-order valence-corrected chi connectivity index (χ3v) is 30.7. The predicted octanol–water partition coefficient (Wildman–Crippen LogP) is 11.9. The zero-order chi connectivity index (χ0) is 35.6. The van der Waals surface area contributed by atoms with Crippen LogP contribution in [0.25, 0.3) is 0 Å². The lowest BCUT2D eigenvalue weighted by atomic mass is 9.94. The van der Waals surface area contributed by atoms with Gasteiger partial charge in [-0.15, -0.1) is 0 Å². The predicted molar refractivity (Wildman–Crippen MR) is 205 cm³/mol. The zero-order valence-electron chi connectivity index (χ0n) is 33.6. The fourth-order valence-corrected chi connectivity index (χ4v) is 27.1. The maximum absolute atomic E-state index is 12.1. The first kappa shape index (κ1) is 42.2. The highest BCUT2D eigenvalue weighted by molar-refractivity contribution is 6.78. The SMILES string of the molecule is CC(C)[Si](OC[C@H]1OC(C2(O)CCCC2)=C[C@@H](O[Si](C(C)C)(C(C)C)C(C)C)[C@@H]1O[Si](C(C)C)(C(C)C)C(C)C)(C(C)C)C(C)C. The van der Waals surface area contributed by atoms with E-state index in [2.05, 4.69) is 131 Å². The molecule has 0 aromatic heterocycles. The van der Waals surface area contributed by atoms with Gasteiger partial charge in [-0.1, -0.05) is 125 Å². The van der Waals surface area contributed by atoms with Gasteiger partial charge in [0.25, 0.3) is 0 Å². The third kappa shape index (κ3) is 7.99. The first-order valence-corrected chi connectivity index (χ1v) is 25.6. The molecule has 5 nitrogen and oxygen atoms in total. The summed E-state index contributed by atoms with van der Waals surface area (Å²) >= 11 is 0. The molecule has 8 heteroatoms. The first-order chi connectivity index (χ1) is 21.1. The standard InChI is InChI=1S/C38H78O5Si3/c1-25(2)44(26(3)4,27(5)6)40-24-35-37(43-46(31(13)14,32(15)16)33(17)18)34(23-36(41-35)38(39)21-19-20-22-38)42-45(28(7)8,29(9)10)30(11)12/h23,25-35,37,39H,19-22,24H2,1-18H3/t34-,35-,37+/m1/s1. The van der Waals surface area contributed by atoms with Crippen molar-refractivity contribution >= 4 is 25.0 Å². The summed E-state index contributed by atoms with van der Waals surface area (Å²) in [6.45, 7) is 42.9. The quantitative estimate of drug-likeness (QED) is 0.153. The Morgan fingerprint density at radius 2 is 0.957 bits per heavy atom. The van der Waals surface area contributed by atoms with Gasteiger partial charge in [-0.25, -0.2) is 0 Å². The highest BCUT2D eigenvalue weighted by atomic mass is 28.4. The average Bonchev–Trinajstić information content (AvgIpc) is 3.36. The number of hydrogen-bond donors (Lipinski definition) is 1. The van der Waals surface area contributed by atoms with Crippen molar-refractivity contribution in [3.63, 3.8) is 0 Å². The van der Waals surface area contributed by atoms with Crippen LogP contribution in [0.4, 0.5) is 0 Å². The van der Waals surface area contributed by atoms with Gasteiger partial charge in [0.1, 0.15) is 23.6 Å². The topological polar surface area (TPSA) is 57.2 Å². The molecule has 0 radical (unpaired) electrons. The minimum atomic E-state index is -2.35. The van der Waals surface area contributed by atoms with Crippen LogP contribution in [-0.2, 0) is 18.0 Å². The van der Waals surface area contributed by atoms with E-state index in [1.165, 1.54) is 0 Å². The zero-order valence-corrected chi connectivity index (χ0v) is 36.6. The summed E-state index contributed by atoms with van der Waals surface area (Å²) in [6, 6.07) is 0. The van der Waals surface area contributed by atoms with Crippen molar-refractivity contribution in [2.75, 3.05) is 6.61 Å². The Hall–Kier alpha value is 0.0306. The molecule has 1 saturated carbocycles. The Balaban J connectivity index is 2.88. The van der Waals surface area contributed by atoms with Gasteiger partial charge in [-0.3, -0.25) is 0 Å². The number of rotatable bonds is 17. The van der Waals surface area contributed by atoms with Crippen molar-refractivity contribution in [3.05, 3.63) is 11.8 Å². The summed E-state index contributed by atoms with van der Waals surface area (Å²) in [5.41, 5.74) is 3.03. The van der Waals surface area contributed by atoms with E-state index in [4.69, 9.17) is 18.0 Å². The molecule has 272 valence electrons. The van der Waals surface area contributed by atoms with Crippen LogP contribution in [0.5, 0.6) is 0 Å². The van der Waals surface area contributed by atoms with Gasteiger partial charge in [0.2, 0.25) is 25.0 Å². The second-order valence-electron chi connectivity index (χ2n) is 17.9. The fourth-order valence-electron chi connectivity index (χ4n) is 10.6. The molecule has 1 aliphatic carbocycles. The van der Waals surface area contributed by atoms with Crippen molar-refractivity contribution in [1.29, 1.82) is 0 Å². The Morgan fingerprint density at radius 1 is 0.609 bits per heavy atom. The van der Waals surface area contributed by atoms with Crippen LogP contribution in [-0.4, -0.2) is 60.6 Å². The molecular formula is C38H78O5Si3. The number of hydrogen-bond acceptors (Lipinski definition) is 5. The maximum Gasteiger partial charge on any atom is 0.201 e. The Morgan fingerprint density at radius 3 is 1.30 bits per heavy atom. The van der Waals surface area contributed by atoms with Crippen LogP contribution in [0, 0.1) is 0 Å². The van der Waals surface area contributed by atoms with E-state index in [0.717, 1.165) is 25.7 Å². The van der Waals surface area contributed by atoms with Crippen LogP contribution < -0.4 is 0 Å². The Kier molecular flexibility index (Phi) is 15.0. The monoisotopic (exact) mass is 699 g/mol. The summed E-state index contributed by atoms with van der Waals surface area (Å²) in [7, 11) is -6.88. The van der Waals surface area contributed by atoms with Crippen LogP contribution in [0.1, 0.15) is 150 Å². The lowest BCUT2D eigenvalue weighted by Crippen LogP contribution is -2.62. The minimum Gasteiger partial charge on any atom is -0.487 e. The summed E-state index contributed by atoms with van der Waals surface area (Å²) in [6.07, 6.45) is 4.74. The molecule has 3 atom stereocenters. The van der Waals surface area contributed by atoms with E-state index in [-0.39, 0.29) is 18.3 Å². The molecule has 1 N–H and O–H groups in total. The molecule has 2 aliphatic rings. The molecule has 0 spiro atoms. The van der Waals surface area contributed by atoms with E-state index in [0.29, 0.717) is 62.2 Å². The molecule has 0 aromatic carbocycles. The summed E-state index contributed by atoms with van der Waals surface area (Å²) in [5, 5.41) is 12.1. The van der Waals surface area contributed by atoms with Gasteiger partial charge in [-0.05, 0) is 81.6 Å². The van der Waals surface area contributed by atoms with Crippen LogP contribution in [0.15, 0.2) is 11.8 Å². The number of aliphatic hydroxyl groups is 1. The highest BCUT2D eigenvalue weighted by Gasteiger charge is 2.56. The normalized spacial score (nSPS) is 23.4. The Labute approximate surface area is 289 Å². The van der Waals surface area contributed by atoms with Gasteiger partial charge in [0.15, 0.2) is 0 Å². The number of ether oxygens (including phenoxy) is 1. The summed E-state index contributed by atoms with van der Waals surface area (Å²) in [5.74, 6) is 0.708. The van der Waals surface area contributed by atoms with E-state index < -0.39 is 30.6 Å². The van der Waals surface area contributed by atoms with Gasteiger partial charge < -0.3 is 23.1 Å². The fraction of sp³-hybridized carbons (Fsp3) is 0.947. The van der Waals surface area contributed by atoms with Gasteiger partial charge in [0, 0.05) is 0 Å². The molecule has 2 rings (SSSR count). The van der Waals surface area contributed by atoms with Crippen molar-refractivity contribution in [1.82, 2.24) is 0 Å². The molecule has 0 saturated heterocycles. The molecule has 1 fully saturated rings. The van der Waals surface area contributed by atoms with Crippen LogP contribution in [0.3, 0.4) is 0 Å². The third-order valence-electron chi connectivity index (χ3n) is 12.5. The molecule has 0 aromatic rings. The van der Waals surface area contributed by atoms with Crippen molar-refractivity contribution in [3.8, 4) is 0 Å². The molecule has 0 bridgehead atoms. The van der Waals surface area contributed by atoms with E-state index in [1.54, 1.807) is 0 Å². The van der Waals surface area contributed by atoms with Crippen LogP contribution >= 0.6 is 0 Å². The largest absolute Gasteiger partial charge is 0.487 e. The summed E-state index contributed by atoms with van der Waals surface area (Å²) in [4.78, 5) is 0. The molecule has 1 heterocycles. The van der Waals surface area contributed by atoms with Crippen molar-refractivity contribution in [2.45, 2.75) is 224 Å². The molecule has 46 heavy (non-hydrogen) atoms. The molecular weight excluding hydrogens is 621 g/mol. The average molecular weight is 699 g/mol.